The maximum Gasteiger partial charge on any atom is 0.354 e. The van der Waals surface area contributed by atoms with Gasteiger partial charge >= 0.3 is 5.97 Å². The van der Waals surface area contributed by atoms with Crippen LogP contribution in [0.15, 0.2) is 60.3 Å². The number of hydrogen-bond donors (Lipinski definition) is 4. The van der Waals surface area contributed by atoms with Gasteiger partial charge in [0.2, 0.25) is 0 Å². The van der Waals surface area contributed by atoms with E-state index in [4.69, 9.17) is 16.3 Å². The first kappa shape index (κ1) is 25.4. The highest BCUT2D eigenvalue weighted by molar-refractivity contribution is 6.34. The molecule has 0 fully saturated rings. The highest BCUT2D eigenvalue weighted by Gasteiger charge is 2.21. The minimum atomic E-state index is -0.759. The van der Waals surface area contributed by atoms with Crippen molar-refractivity contribution in [1.29, 1.82) is 0 Å². The highest BCUT2D eigenvalue weighted by Crippen LogP contribution is 2.23. The average Bonchev–Trinajstić information content (AvgIpc) is 3.34. The number of nitrogens with one attached hydrogen (secondary N) is 3. The van der Waals surface area contributed by atoms with E-state index in [-0.39, 0.29) is 34.1 Å². The second-order valence-electron chi connectivity index (χ2n) is 8.08. The lowest BCUT2D eigenvalue weighted by Gasteiger charge is -2.13. The number of methoxy groups -OCH3 is 1. The lowest BCUT2D eigenvalue weighted by atomic mass is 10.0. The third-order valence-corrected chi connectivity index (χ3v) is 5.74. The van der Waals surface area contributed by atoms with Crippen molar-refractivity contribution in [2.75, 3.05) is 7.11 Å². The number of amides is 2. The maximum atomic E-state index is 13.1. The standard InChI is InChI=1S/C26H22ClN5O5/c1-14-8-17(24(34)28-13-16-4-3-5-18(33)9-16)12-19(27)23(14)25(35)29-22(26(36)37-2)11-15-6-7-20-21(10-15)31-32-30-20/h3-12,33H,13H2,1-2H3,(H,28,34)(H,29,35)(H,30,31,32)/b22-11-. The van der Waals surface area contributed by atoms with Gasteiger partial charge in [-0.15, -0.1) is 0 Å². The Bertz CT molecular complexity index is 1520. The Kier molecular flexibility index (Phi) is 7.49. The molecule has 4 rings (SSSR count). The molecule has 0 saturated carbocycles. The van der Waals surface area contributed by atoms with Gasteiger partial charge < -0.3 is 20.5 Å². The van der Waals surface area contributed by atoms with Crippen molar-refractivity contribution in [1.82, 2.24) is 26.0 Å². The van der Waals surface area contributed by atoms with Crippen LogP contribution in [0.4, 0.5) is 0 Å². The topological polar surface area (TPSA) is 146 Å². The van der Waals surface area contributed by atoms with Crippen LogP contribution < -0.4 is 10.6 Å². The molecule has 0 saturated heterocycles. The number of aromatic nitrogens is 3. The normalized spacial score (nSPS) is 11.3. The highest BCUT2D eigenvalue weighted by atomic mass is 35.5. The van der Waals surface area contributed by atoms with Crippen LogP contribution in [0, 0.1) is 6.92 Å². The second kappa shape index (κ2) is 10.9. The number of fused-ring (bicyclic) bond motifs is 1. The third kappa shape index (κ3) is 5.93. The van der Waals surface area contributed by atoms with Crippen molar-refractivity contribution in [3.63, 3.8) is 0 Å². The van der Waals surface area contributed by atoms with E-state index in [0.717, 1.165) is 5.56 Å². The molecule has 2 amide bonds. The number of ether oxygens (including phenoxy) is 1. The number of phenols is 1. The Morgan fingerprint density at radius 2 is 1.84 bits per heavy atom. The molecule has 188 valence electrons. The van der Waals surface area contributed by atoms with E-state index in [1.807, 2.05) is 0 Å². The molecule has 11 heteroatoms. The van der Waals surface area contributed by atoms with Crippen LogP contribution >= 0.6 is 11.6 Å². The Morgan fingerprint density at radius 1 is 1.05 bits per heavy atom. The predicted molar refractivity (Wildman–Crippen MR) is 137 cm³/mol. The van der Waals surface area contributed by atoms with Crippen molar-refractivity contribution in [2.24, 2.45) is 0 Å². The van der Waals surface area contributed by atoms with Gasteiger partial charge in [-0.05, 0) is 66.1 Å². The largest absolute Gasteiger partial charge is 0.508 e. The third-order valence-electron chi connectivity index (χ3n) is 5.45. The zero-order chi connectivity index (χ0) is 26.5. The number of aryl methyl sites for hydroxylation is 1. The van der Waals surface area contributed by atoms with Crippen LogP contribution in [-0.2, 0) is 16.1 Å². The number of nitrogens with zero attached hydrogens (tertiary/aromatic N) is 2. The molecular formula is C26H22ClN5O5. The van der Waals surface area contributed by atoms with E-state index in [0.29, 0.717) is 22.2 Å². The van der Waals surface area contributed by atoms with E-state index in [1.165, 1.54) is 31.4 Å². The molecule has 0 unspecified atom stereocenters. The molecule has 3 aromatic carbocycles. The molecule has 0 aliphatic rings. The van der Waals surface area contributed by atoms with Crippen LogP contribution in [0.5, 0.6) is 5.75 Å². The number of H-pyrrole nitrogens is 1. The van der Waals surface area contributed by atoms with Crippen molar-refractivity contribution < 1.29 is 24.2 Å². The van der Waals surface area contributed by atoms with E-state index >= 15 is 0 Å². The van der Waals surface area contributed by atoms with E-state index in [2.05, 4.69) is 26.0 Å². The van der Waals surface area contributed by atoms with E-state index in [1.54, 1.807) is 43.3 Å². The summed E-state index contributed by atoms with van der Waals surface area (Å²) in [6.45, 7) is 1.83. The van der Waals surface area contributed by atoms with Crippen molar-refractivity contribution >= 4 is 46.5 Å². The van der Waals surface area contributed by atoms with Crippen LogP contribution in [-0.4, -0.2) is 45.4 Å². The second-order valence-corrected chi connectivity index (χ2v) is 8.49. The molecule has 0 bridgehead atoms. The summed E-state index contributed by atoms with van der Waals surface area (Å²) < 4.78 is 4.82. The number of phenolic OH excluding ortho intramolecular Hbond substituents is 1. The Labute approximate surface area is 216 Å². The summed E-state index contributed by atoms with van der Waals surface area (Å²) in [5.74, 6) is -1.71. The molecule has 0 atom stereocenters. The summed E-state index contributed by atoms with van der Waals surface area (Å²) in [6, 6.07) is 14.5. The summed E-state index contributed by atoms with van der Waals surface area (Å²) in [5.41, 5.74) is 3.22. The molecule has 1 heterocycles. The number of carbonyl (C=O) groups is 3. The van der Waals surface area contributed by atoms with Crippen LogP contribution in [0.3, 0.4) is 0 Å². The molecule has 10 nitrogen and oxygen atoms in total. The first-order valence-corrected chi connectivity index (χ1v) is 11.4. The summed E-state index contributed by atoms with van der Waals surface area (Å²) in [6.07, 6.45) is 1.45. The van der Waals surface area contributed by atoms with E-state index < -0.39 is 17.8 Å². The molecule has 37 heavy (non-hydrogen) atoms. The van der Waals surface area contributed by atoms with Gasteiger partial charge in [0.05, 0.1) is 17.7 Å². The average molecular weight is 520 g/mol. The van der Waals surface area contributed by atoms with Gasteiger partial charge in [-0.1, -0.05) is 29.8 Å². The van der Waals surface area contributed by atoms with Crippen molar-refractivity contribution in [3.8, 4) is 5.75 Å². The maximum absolute atomic E-state index is 13.1. The molecule has 4 N–H and O–H groups in total. The van der Waals surface area contributed by atoms with Gasteiger partial charge in [-0.3, -0.25) is 9.59 Å². The number of esters is 1. The fourth-order valence-electron chi connectivity index (χ4n) is 3.67. The Morgan fingerprint density at radius 3 is 2.57 bits per heavy atom. The van der Waals surface area contributed by atoms with Crippen LogP contribution in [0.2, 0.25) is 5.02 Å². The summed E-state index contributed by atoms with van der Waals surface area (Å²) in [7, 11) is 1.20. The number of hydrogen-bond acceptors (Lipinski definition) is 7. The quantitative estimate of drug-likeness (QED) is 0.216. The fraction of sp³-hybridized carbons (Fsp3) is 0.115. The molecule has 4 aromatic rings. The number of benzene rings is 3. The summed E-state index contributed by atoms with van der Waals surface area (Å²) >= 11 is 6.39. The SMILES string of the molecule is COC(=O)/C(=C/c1ccc2n[nH]nc2c1)NC(=O)c1c(C)cc(C(=O)NCc2cccc(O)c2)cc1Cl. The number of carbonyl (C=O) groups excluding carboxylic acids is 3. The van der Waals surface area contributed by atoms with Crippen molar-refractivity contribution in [3.05, 3.63) is 93.1 Å². The number of aromatic hydroxyl groups is 1. The van der Waals surface area contributed by atoms with Crippen molar-refractivity contribution in [2.45, 2.75) is 13.5 Å². The first-order chi connectivity index (χ1) is 17.7. The Balaban J connectivity index is 1.53. The number of halogens is 1. The van der Waals surface area contributed by atoms with Gasteiger partial charge in [-0.2, -0.15) is 15.4 Å². The van der Waals surface area contributed by atoms with Gasteiger partial charge in [-0.25, -0.2) is 4.79 Å². The molecular weight excluding hydrogens is 498 g/mol. The minimum Gasteiger partial charge on any atom is -0.508 e. The monoisotopic (exact) mass is 519 g/mol. The van der Waals surface area contributed by atoms with Gasteiger partial charge in [0.1, 0.15) is 22.5 Å². The van der Waals surface area contributed by atoms with Crippen LogP contribution in [0.25, 0.3) is 17.1 Å². The van der Waals surface area contributed by atoms with Crippen LogP contribution in [0.1, 0.15) is 37.4 Å². The minimum absolute atomic E-state index is 0.0354. The number of aromatic amines is 1. The van der Waals surface area contributed by atoms with E-state index in [9.17, 15) is 19.5 Å². The summed E-state index contributed by atoms with van der Waals surface area (Å²) in [4.78, 5) is 38.1. The summed E-state index contributed by atoms with van der Waals surface area (Å²) in [5, 5.41) is 25.4. The molecule has 0 radical (unpaired) electrons. The van der Waals surface area contributed by atoms with Gasteiger partial charge in [0.25, 0.3) is 11.8 Å². The molecule has 1 aromatic heterocycles. The van der Waals surface area contributed by atoms with Gasteiger partial charge in [0, 0.05) is 12.1 Å². The lowest BCUT2D eigenvalue weighted by molar-refractivity contribution is -0.136. The first-order valence-electron chi connectivity index (χ1n) is 11.0. The zero-order valence-electron chi connectivity index (χ0n) is 19.8. The van der Waals surface area contributed by atoms with Gasteiger partial charge in [0.15, 0.2) is 0 Å². The lowest BCUT2D eigenvalue weighted by Crippen LogP contribution is -2.29. The molecule has 0 aliphatic carbocycles. The zero-order valence-corrected chi connectivity index (χ0v) is 20.6. The predicted octanol–water partition coefficient (Wildman–Crippen LogP) is 3.50. The smallest absolute Gasteiger partial charge is 0.354 e. The fourth-order valence-corrected chi connectivity index (χ4v) is 4.02. The molecule has 0 aliphatic heterocycles. The number of rotatable bonds is 7. The Hall–Kier alpha value is -4.70. The molecule has 0 spiro atoms.